The fourth-order valence-electron chi connectivity index (χ4n) is 1.61. The highest BCUT2D eigenvalue weighted by Crippen LogP contribution is 2.44. The normalized spacial score (nSPS) is 13.5. The Balaban J connectivity index is 3.21. The molecule has 27 heavy (non-hydrogen) atoms. The summed E-state index contributed by atoms with van der Waals surface area (Å²) in [6.45, 7) is 4.44. The van der Waals surface area contributed by atoms with E-state index in [0.717, 1.165) is 10.9 Å². The van der Waals surface area contributed by atoms with Crippen LogP contribution in [0.3, 0.4) is 0 Å². The molecule has 0 radical (unpaired) electrons. The second kappa shape index (κ2) is 8.24. The van der Waals surface area contributed by atoms with Gasteiger partial charge in [0.05, 0.1) is 0 Å². The Labute approximate surface area is 155 Å². The highest BCUT2D eigenvalue weighted by Gasteiger charge is 2.76. The summed E-state index contributed by atoms with van der Waals surface area (Å²) in [5.41, 5.74) is -4.36. The van der Waals surface area contributed by atoms with E-state index in [1.165, 1.54) is 38.1 Å². The van der Waals surface area contributed by atoms with Crippen LogP contribution < -0.4 is 10.6 Å². The van der Waals surface area contributed by atoms with Crippen molar-refractivity contribution in [2.75, 3.05) is 5.32 Å². The first-order valence-electron chi connectivity index (χ1n) is 7.40. The largest absolute Gasteiger partial charge is 0.461 e. The molecule has 0 fully saturated rings. The Hall–Kier alpha value is -2.17. The molecule has 0 aliphatic rings. The number of carbonyl (C=O) groups excluding carboxylic acids is 1. The minimum Gasteiger partial charge on any atom is -0.346 e. The molecule has 5 nitrogen and oxygen atoms in total. The molecule has 1 aromatic carbocycles. The number of alkyl halides is 6. The predicted molar refractivity (Wildman–Crippen MR) is 87.4 cm³/mol. The van der Waals surface area contributed by atoms with Crippen molar-refractivity contribution in [3.8, 4) is 0 Å². The SMILES string of the molecule is Cc1ccc(NC(=O)NC(O/N=C(/Cl)C(C)C)(C(F)(F)F)C(F)(F)F)cc1. The average molecular weight is 420 g/mol. The van der Waals surface area contributed by atoms with E-state index in [0.29, 0.717) is 0 Å². The van der Waals surface area contributed by atoms with Crippen molar-refractivity contribution >= 4 is 28.5 Å². The Morgan fingerprint density at radius 2 is 1.56 bits per heavy atom. The second-order valence-corrected chi connectivity index (χ2v) is 6.17. The van der Waals surface area contributed by atoms with Crippen molar-refractivity contribution in [3.05, 3.63) is 29.8 Å². The number of oxime groups is 1. The second-order valence-electron chi connectivity index (χ2n) is 5.78. The van der Waals surface area contributed by atoms with Crippen molar-refractivity contribution in [2.45, 2.75) is 38.8 Å². The summed E-state index contributed by atoms with van der Waals surface area (Å²) in [6.07, 6.45) is -12.2. The number of hydrogen-bond acceptors (Lipinski definition) is 3. The van der Waals surface area contributed by atoms with Crippen LogP contribution in [0, 0.1) is 12.8 Å². The van der Waals surface area contributed by atoms with Gasteiger partial charge in [0.2, 0.25) is 0 Å². The fraction of sp³-hybridized carbons (Fsp3) is 0.467. The lowest BCUT2D eigenvalue weighted by Crippen LogP contribution is -2.69. The quantitative estimate of drug-likeness (QED) is 0.299. The molecule has 0 bridgehead atoms. The zero-order valence-corrected chi connectivity index (χ0v) is 15.1. The van der Waals surface area contributed by atoms with Crippen LogP contribution in [0.25, 0.3) is 0 Å². The third-order valence-electron chi connectivity index (χ3n) is 3.14. The Morgan fingerprint density at radius 3 is 1.96 bits per heavy atom. The molecule has 0 aliphatic carbocycles. The number of aryl methyl sites for hydroxylation is 1. The Kier molecular flexibility index (Phi) is 6.98. The maximum absolute atomic E-state index is 13.3. The highest BCUT2D eigenvalue weighted by atomic mass is 35.5. The van der Waals surface area contributed by atoms with Crippen LogP contribution in [0.5, 0.6) is 0 Å². The third-order valence-corrected chi connectivity index (χ3v) is 3.65. The molecule has 2 N–H and O–H groups in total. The van der Waals surface area contributed by atoms with Crippen molar-refractivity contribution in [3.63, 3.8) is 0 Å². The van der Waals surface area contributed by atoms with Gasteiger partial charge in [-0.15, -0.1) is 0 Å². The van der Waals surface area contributed by atoms with Crippen molar-refractivity contribution in [2.24, 2.45) is 11.1 Å². The molecule has 0 aromatic heterocycles. The van der Waals surface area contributed by atoms with Crippen LogP contribution in [0.15, 0.2) is 29.4 Å². The zero-order chi connectivity index (χ0) is 21.0. The summed E-state index contributed by atoms with van der Waals surface area (Å²) in [5.74, 6) is -0.702. The molecular weight excluding hydrogens is 404 g/mol. The number of benzene rings is 1. The predicted octanol–water partition coefficient (Wildman–Crippen LogP) is 5.16. The van der Waals surface area contributed by atoms with E-state index in [1.54, 1.807) is 6.92 Å². The first-order chi connectivity index (χ1) is 12.2. The van der Waals surface area contributed by atoms with Crippen LogP contribution >= 0.6 is 11.6 Å². The zero-order valence-electron chi connectivity index (χ0n) is 14.3. The molecule has 0 unspecified atom stereocenters. The number of anilines is 1. The molecule has 152 valence electrons. The number of nitrogens with one attached hydrogen (secondary N) is 2. The van der Waals surface area contributed by atoms with Gasteiger partial charge < -0.3 is 10.2 Å². The van der Waals surface area contributed by atoms with E-state index in [-0.39, 0.29) is 5.69 Å². The first kappa shape index (κ1) is 22.9. The fourth-order valence-corrected chi connectivity index (χ4v) is 1.64. The van der Waals surface area contributed by atoms with Gasteiger partial charge >= 0.3 is 24.1 Å². The van der Waals surface area contributed by atoms with Crippen molar-refractivity contribution < 1.29 is 36.0 Å². The number of hydrogen-bond donors (Lipinski definition) is 2. The molecule has 0 heterocycles. The molecule has 0 aliphatic heterocycles. The van der Waals surface area contributed by atoms with Crippen molar-refractivity contribution in [1.29, 1.82) is 0 Å². The van der Waals surface area contributed by atoms with Crippen LogP contribution in [-0.4, -0.2) is 29.3 Å². The van der Waals surface area contributed by atoms with E-state index in [4.69, 9.17) is 11.6 Å². The topological polar surface area (TPSA) is 62.7 Å². The monoisotopic (exact) mass is 419 g/mol. The summed E-state index contributed by atoms with van der Waals surface area (Å²) in [4.78, 5) is 15.5. The number of rotatable bonds is 5. The van der Waals surface area contributed by atoms with Crippen LogP contribution in [-0.2, 0) is 4.84 Å². The minimum atomic E-state index is -6.09. The van der Waals surface area contributed by atoms with Gasteiger partial charge in [-0.25, -0.2) is 4.79 Å². The van der Waals surface area contributed by atoms with Gasteiger partial charge in [0.25, 0.3) is 0 Å². The summed E-state index contributed by atoms with van der Waals surface area (Å²) in [7, 11) is 0. The van der Waals surface area contributed by atoms with Gasteiger partial charge in [0.15, 0.2) is 0 Å². The highest BCUT2D eigenvalue weighted by molar-refractivity contribution is 6.65. The van der Waals surface area contributed by atoms with E-state index < -0.39 is 35.2 Å². The molecule has 0 saturated heterocycles. The number of halogens is 7. The molecule has 0 atom stereocenters. The molecule has 0 saturated carbocycles. The summed E-state index contributed by atoms with van der Waals surface area (Å²) < 4.78 is 79.6. The standard InChI is InChI=1S/C15H16ClF6N3O2/c1-8(2)11(16)25-27-13(14(17,18)19,15(20,21)22)24-12(26)23-10-6-4-9(3)5-7-10/h4-8H,1-3H3,(H2,23,24,26)/b25-11+. The van der Waals surface area contributed by atoms with Crippen LogP contribution in [0.2, 0.25) is 0 Å². The van der Waals surface area contributed by atoms with Gasteiger partial charge in [-0.05, 0) is 19.1 Å². The molecule has 12 heteroatoms. The lowest BCUT2D eigenvalue weighted by atomic mass is 10.2. The van der Waals surface area contributed by atoms with Gasteiger partial charge in [0, 0.05) is 11.6 Å². The van der Waals surface area contributed by atoms with Gasteiger partial charge in [-0.3, -0.25) is 5.32 Å². The van der Waals surface area contributed by atoms with Gasteiger partial charge in [0.1, 0.15) is 5.17 Å². The molecule has 1 rings (SSSR count). The van der Waals surface area contributed by atoms with E-state index in [2.05, 4.69) is 9.99 Å². The van der Waals surface area contributed by atoms with Crippen LogP contribution in [0.4, 0.5) is 36.8 Å². The molecule has 2 amide bonds. The summed E-state index contributed by atoms with van der Waals surface area (Å²) in [5, 5.41) is 4.70. The van der Waals surface area contributed by atoms with Crippen molar-refractivity contribution in [1.82, 2.24) is 5.32 Å². The average Bonchev–Trinajstić information content (AvgIpc) is 2.50. The van der Waals surface area contributed by atoms with Gasteiger partial charge in [-0.1, -0.05) is 48.3 Å². The number of amides is 2. The third kappa shape index (κ3) is 5.65. The summed E-state index contributed by atoms with van der Waals surface area (Å²) in [6, 6.07) is 3.79. The van der Waals surface area contributed by atoms with E-state index in [9.17, 15) is 31.1 Å². The number of urea groups is 1. The Bertz CT molecular complexity index is 672. The molecule has 1 aromatic rings. The lowest BCUT2D eigenvalue weighted by Gasteiger charge is -2.34. The smallest absolute Gasteiger partial charge is 0.346 e. The lowest BCUT2D eigenvalue weighted by molar-refractivity contribution is -0.388. The summed E-state index contributed by atoms with van der Waals surface area (Å²) >= 11 is 5.47. The maximum Gasteiger partial charge on any atom is 0.461 e. The number of carbonyl (C=O) groups is 1. The molecule has 0 spiro atoms. The molecular formula is C15H16ClF6N3O2. The maximum atomic E-state index is 13.3. The van der Waals surface area contributed by atoms with Gasteiger partial charge in [-0.2, -0.15) is 26.3 Å². The Morgan fingerprint density at radius 1 is 1.07 bits per heavy atom. The number of nitrogens with zero attached hydrogens (tertiary/aromatic N) is 1. The first-order valence-corrected chi connectivity index (χ1v) is 7.78. The van der Waals surface area contributed by atoms with E-state index in [1.807, 2.05) is 5.32 Å². The van der Waals surface area contributed by atoms with E-state index >= 15 is 0 Å². The minimum absolute atomic E-state index is 0.0277. The van der Waals surface area contributed by atoms with Crippen LogP contribution in [0.1, 0.15) is 19.4 Å².